The molecule has 0 saturated heterocycles. The number of aliphatic hydroxyl groups excluding tert-OH is 1. The molecule has 0 aliphatic carbocycles. The van der Waals surface area contributed by atoms with Crippen molar-refractivity contribution < 1.29 is 9.50 Å². The molecule has 2 N–H and O–H groups in total. The van der Waals surface area contributed by atoms with Gasteiger partial charge in [-0.05, 0) is 36.1 Å². The molecule has 0 spiro atoms. The third-order valence-corrected chi connectivity index (χ3v) is 3.91. The van der Waals surface area contributed by atoms with Crippen LogP contribution in [0.1, 0.15) is 17.4 Å². The largest absolute Gasteiger partial charge is 0.394 e. The topological polar surface area (TPSA) is 32.3 Å². The lowest BCUT2D eigenvalue weighted by Gasteiger charge is -2.29. The zero-order chi connectivity index (χ0) is 13.0. The van der Waals surface area contributed by atoms with E-state index in [1.165, 1.54) is 17.0 Å². The van der Waals surface area contributed by atoms with Crippen molar-refractivity contribution >= 4 is 11.3 Å². The number of thiophene rings is 1. The quantitative estimate of drug-likeness (QED) is 0.871. The smallest absolute Gasteiger partial charge is 0.123 e. The molecule has 2 rings (SSSR count). The third kappa shape index (κ3) is 2.96. The van der Waals surface area contributed by atoms with Crippen LogP contribution in [0.3, 0.4) is 0 Å². The Balaban J connectivity index is 2.12. The molecule has 1 aromatic carbocycles. The fourth-order valence-electron chi connectivity index (χ4n) is 1.76. The van der Waals surface area contributed by atoms with E-state index in [1.807, 2.05) is 24.4 Å². The highest BCUT2D eigenvalue weighted by Gasteiger charge is 2.25. The maximum Gasteiger partial charge on any atom is 0.123 e. The summed E-state index contributed by atoms with van der Waals surface area (Å²) in [5.74, 6) is -0.266. The number of hydrogen-bond acceptors (Lipinski definition) is 3. The Bertz CT molecular complexity index is 483. The van der Waals surface area contributed by atoms with Crippen LogP contribution in [0.5, 0.6) is 0 Å². The summed E-state index contributed by atoms with van der Waals surface area (Å²) in [5.41, 5.74) is 0.320. The van der Waals surface area contributed by atoms with Crippen molar-refractivity contribution in [3.05, 3.63) is 58.0 Å². The van der Waals surface area contributed by atoms with Crippen molar-refractivity contribution in [2.24, 2.45) is 0 Å². The molecule has 0 aliphatic heterocycles. The van der Waals surface area contributed by atoms with Gasteiger partial charge in [-0.15, -0.1) is 11.3 Å². The minimum absolute atomic E-state index is 0.0377. The fourth-order valence-corrected chi connectivity index (χ4v) is 2.41. The summed E-state index contributed by atoms with van der Waals surface area (Å²) >= 11 is 1.67. The maximum atomic E-state index is 12.9. The number of aliphatic hydroxyl groups is 1. The van der Waals surface area contributed by atoms with Gasteiger partial charge in [-0.25, -0.2) is 4.39 Å². The number of halogens is 1. The summed E-state index contributed by atoms with van der Waals surface area (Å²) in [6.07, 6.45) is 0. The normalized spacial score (nSPS) is 14.4. The Labute approximate surface area is 110 Å². The van der Waals surface area contributed by atoms with Crippen LogP contribution >= 0.6 is 11.3 Å². The van der Waals surface area contributed by atoms with E-state index in [2.05, 4.69) is 5.32 Å². The molecular weight excluding hydrogens is 249 g/mol. The molecule has 0 fully saturated rings. The number of nitrogens with one attached hydrogen (secondary N) is 1. The summed E-state index contributed by atoms with van der Waals surface area (Å²) in [5, 5.41) is 14.9. The van der Waals surface area contributed by atoms with Crippen molar-refractivity contribution in [2.75, 3.05) is 6.61 Å². The lowest BCUT2D eigenvalue weighted by molar-refractivity contribution is 0.174. The van der Waals surface area contributed by atoms with E-state index in [0.29, 0.717) is 6.54 Å². The van der Waals surface area contributed by atoms with Crippen LogP contribution in [0.2, 0.25) is 0 Å². The maximum absolute atomic E-state index is 12.9. The minimum Gasteiger partial charge on any atom is -0.394 e. The summed E-state index contributed by atoms with van der Waals surface area (Å²) in [7, 11) is 0. The van der Waals surface area contributed by atoms with Gasteiger partial charge in [-0.2, -0.15) is 0 Å². The van der Waals surface area contributed by atoms with E-state index < -0.39 is 5.54 Å². The van der Waals surface area contributed by atoms with E-state index in [0.717, 1.165) is 5.56 Å². The van der Waals surface area contributed by atoms with Crippen molar-refractivity contribution in [3.63, 3.8) is 0 Å². The third-order valence-electron chi connectivity index (χ3n) is 3.03. The van der Waals surface area contributed by atoms with Gasteiger partial charge in [-0.1, -0.05) is 18.2 Å². The van der Waals surface area contributed by atoms with Crippen LogP contribution in [0.15, 0.2) is 41.8 Å². The molecule has 1 unspecified atom stereocenters. The van der Waals surface area contributed by atoms with Gasteiger partial charge in [0.05, 0.1) is 12.1 Å². The zero-order valence-corrected chi connectivity index (χ0v) is 11.0. The molecule has 0 amide bonds. The summed E-state index contributed by atoms with van der Waals surface area (Å²) < 4.78 is 12.9. The number of rotatable bonds is 5. The molecule has 1 aromatic heterocycles. The van der Waals surface area contributed by atoms with Gasteiger partial charge < -0.3 is 10.4 Å². The molecule has 0 aliphatic rings. The summed E-state index contributed by atoms with van der Waals surface area (Å²) in [6, 6.07) is 10.3. The van der Waals surface area contributed by atoms with Gasteiger partial charge in [0.2, 0.25) is 0 Å². The Morgan fingerprint density at radius 2 is 2.00 bits per heavy atom. The standard InChI is InChI=1S/C14H16FNOS/c1-14(10-17,11-4-6-12(15)7-5-11)16-9-13-3-2-8-18-13/h2-8,16-17H,9-10H2,1H3. The van der Waals surface area contributed by atoms with Crippen LogP contribution in [-0.2, 0) is 12.1 Å². The van der Waals surface area contributed by atoms with Crippen LogP contribution < -0.4 is 5.32 Å². The lowest BCUT2D eigenvalue weighted by Crippen LogP contribution is -2.42. The van der Waals surface area contributed by atoms with Gasteiger partial charge in [0.1, 0.15) is 5.82 Å². The van der Waals surface area contributed by atoms with Crippen molar-refractivity contribution in [2.45, 2.75) is 19.0 Å². The molecule has 2 aromatic rings. The van der Waals surface area contributed by atoms with Crippen LogP contribution in [0, 0.1) is 5.82 Å². The Morgan fingerprint density at radius 3 is 2.56 bits per heavy atom. The second-order valence-electron chi connectivity index (χ2n) is 4.43. The zero-order valence-electron chi connectivity index (χ0n) is 10.2. The second-order valence-corrected chi connectivity index (χ2v) is 5.46. The fraction of sp³-hybridized carbons (Fsp3) is 0.286. The number of hydrogen-bond donors (Lipinski definition) is 2. The lowest BCUT2D eigenvalue weighted by atomic mass is 9.93. The van der Waals surface area contributed by atoms with Crippen LogP contribution in [0.25, 0.3) is 0 Å². The first-order valence-electron chi connectivity index (χ1n) is 5.78. The molecule has 0 saturated carbocycles. The first kappa shape index (κ1) is 13.2. The van der Waals surface area contributed by atoms with E-state index in [1.54, 1.807) is 23.5 Å². The van der Waals surface area contributed by atoms with Gasteiger partial charge in [0.25, 0.3) is 0 Å². The summed E-state index contributed by atoms with van der Waals surface area (Å²) in [4.78, 5) is 1.21. The second kappa shape index (κ2) is 5.61. The molecular formula is C14H16FNOS. The van der Waals surface area contributed by atoms with Crippen molar-refractivity contribution in [1.29, 1.82) is 0 Å². The van der Waals surface area contributed by atoms with Gasteiger partial charge in [0.15, 0.2) is 0 Å². The molecule has 96 valence electrons. The summed E-state index contributed by atoms with van der Waals surface area (Å²) in [6.45, 7) is 2.56. The van der Waals surface area contributed by atoms with Crippen LogP contribution in [0.4, 0.5) is 4.39 Å². The predicted octanol–water partition coefficient (Wildman–Crippen LogP) is 2.88. The highest BCUT2D eigenvalue weighted by molar-refractivity contribution is 7.09. The van der Waals surface area contributed by atoms with E-state index >= 15 is 0 Å². The van der Waals surface area contributed by atoms with Gasteiger partial charge in [-0.3, -0.25) is 0 Å². The first-order valence-corrected chi connectivity index (χ1v) is 6.66. The average molecular weight is 265 g/mol. The molecule has 0 bridgehead atoms. The van der Waals surface area contributed by atoms with Crippen molar-refractivity contribution in [3.8, 4) is 0 Å². The minimum atomic E-state index is -0.558. The predicted molar refractivity (Wildman–Crippen MR) is 72.0 cm³/mol. The number of benzene rings is 1. The van der Waals surface area contributed by atoms with E-state index in [9.17, 15) is 9.50 Å². The average Bonchev–Trinajstić information content (AvgIpc) is 2.90. The van der Waals surface area contributed by atoms with Crippen LogP contribution in [-0.4, -0.2) is 11.7 Å². The highest BCUT2D eigenvalue weighted by atomic mass is 32.1. The Hall–Kier alpha value is -1.23. The Kier molecular flexibility index (Phi) is 4.11. The molecule has 18 heavy (non-hydrogen) atoms. The van der Waals surface area contributed by atoms with Gasteiger partial charge >= 0.3 is 0 Å². The molecule has 1 atom stereocenters. The first-order chi connectivity index (χ1) is 8.64. The van der Waals surface area contributed by atoms with E-state index in [4.69, 9.17) is 0 Å². The SMILES string of the molecule is CC(CO)(NCc1cccs1)c1ccc(F)cc1. The highest BCUT2D eigenvalue weighted by Crippen LogP contribution is 2.22. The molecule has 1 heterocycles. The monoisotopic (exact) mass is 265 g/mol. The van der Waals surface area contributed by atoms with Crippen molar-refractivity contribution in [1.82, 2.24) is 5.32 Å². The molecule has 0 radical (unpaired) electrons. The molecule has 2 nitrogen and oxygen atoms in total. The Morgan fingerprint density at radius 1 is 1.28 bits per heavy atom. The van der Waals surface area contributed by atoms with Gasteiger partial charge in [0, 0.05) is 11.4 Å². The van der Waals surface area contributed by atoms with E-state index in [-0.39, 0.29) is 12.4 Å². The molecule has 4 heteroatoms.